The first-order valence-corrected chi connectivity index (χ1v) is 5.07. The van der Waals surface area contributed by atoms with Crippen LogP contribution in [0, 0.1) is 0 Å². The molecule has 0 aromatic carbocycles. The highest BCUT2D eigenvalue weighted by Gasteiger charge is 2.15. The Bertz CT molecular complexity index is 229. The number of carbonyl (C=O) groups excluding carboxylic acids is 1. The molecule has 0 saturated carbocycles. The second kappa shape index (κ2) is 6.71. The Labute approximate surface area is 102 Å². The molecule has 1 heterocycles. The van der Waals surface area contributed by atoms with Crippen LogP contribution in [0.25, 0.3) is 0 Å². The van der Waals surface area contributed by atoms with E-state index in [-0.39, 0.29) is 22.9 Å². The van der Waals surface area contributed by atoms with Gasteiger partial charge < -0.3 is 14.7 Å². The molecule has 1 aliphatic rings. The SMILES string of the molecule is Br.CCN(CC)C(=O)CN1C=CN(C)C1. The van der Waals surface area contributed by atoms with Gasteiger partial charge in [0.15, 0.2) is 0 Å². The summed E-state index contributed by atoms with van der Waals surface area (Å²) in [5, 5.41) is 0. The lowest BCUT2D eigenvalue weighted by Gasteiger charge is -2.23. The van der Waals surface area contributed by atoms with Crippen molar-refractivity contribution < 1.29 is 4.79 Å². The first kappa shape index (κ1) is 14.3. The number of hydrogen-bond acceptors (Lipinski definition) is 3. The standard InChI is InChI=1S/C10H19N3O.BrH/c1-4-13(5-2)10(14)8-12-7-6-11(3)9-12;/h6-7H,4-5,8-9H2,1-3H3;1H. The molecule has 15 heavy (non-hydrogen) atoms. The Hall–Kier alpha value is -0.710. The second-order valence-corrected chi connectivity index (χ2v) is 3.51. The molecule has 4 nitrogen and oxygen atoms in total. The van der Waals surface area contributed by atoms with E-state index in [1.165, 1.54) is 0 Å². The molecule has 0 aliphatic carbocycles. The van der Waals surface area contributed by atoms with Crippen LogP contribution in [-0.2, 0) is 4.79 Å². The molecule has 88 valence electrons. The Balaban J connectivity index is 0.00000196. The summed E-state index contributed by atoms with van der Waals surface area (Å²) >= 11 is 0. The number of amides is 1. The monoisotopic (exact) mass is 277 g/mol. The summed E-state index contributed by atoms with van der Waals surface area (Å²) in [5.41, 5.74) is 0. The summed E-state index contributed by atoms with van der Waals surface area (Å²) in [5.74, 6) is 0.204. The van der Waals surface area contributed by atoms with Crippen molar-refractivity contribution in [2.75, 3.05) is 33.4 Å². The fourth-order valence-corrected chi connectivity index (χ4v) is 1.54. The van der Waals surface area contributed by atoms with Crippen LogP contribution in [0.1, 0.15) is 13.8 Å². The Morgan fingerprint density at radius 2 is 1.93 bits per heavy atom. The summed E-state index contributed by atoms with van der Waals surface area (Å²) in [6, 6.07) is 0. The van der Waals surface area contributed by atoms with Crippen LogP contribution < -0.4 is 0 Å². The van der Waals surface area contributed by atoms with E-state index >= 15 is 0 Å². The normalized spacial score (nSPS) is 14.1. The van der Waals surface area contributed by atoms with Gasteiger partial charge in [-0.3, -0.25) is 4.79 Å². The van der Waals surface area contributed by atoms with Crippen LogP contribution in [0.3, 0.4) is 0 Å². The van der Waals surface area contributed by atoms with E-state index in [9.17, 15) is 4.79 Å². The summed E-state index contributed by atoms with van der Waals surface area (Å²) in [7, 11) is 2.00. The van der Waals surface area contributed by atoms with Crippen molar-refractivity contribution in [1.82, 2.24) is 14.7 Å². The molecule has 0 bridgehead atoms. The molecule has 5 heteroatoms. The number of nitrogens with zero attached hydrogens (tertiary/aromatic N) is 3. The zero-order valence-corrected chi connectivity index (χ0v) is 11.4. The van der Waals surface area contributed by atoms with Gasteiger partial charge in [0.2, 0.25) is 5.91 Å². The average molecular weight is 278 g/mol. The van der Waals surface area contributed by atoms with E-state index in [0.29, 0.717) is 6.54 Å². The molecule has 0 fully saturated rings. The second-order valence-electron chi connectivity index (χ2n) is 3.51. The van der Waals surface area contributed by atoms with Gasteiger partial charge in [-0.15, -0.1) is 17.0 Å². The van der Waals surface area contributed by atoms with Gasteiger partial charge in [-0.1, -0.05) is 0 Å². The lowest BCUT2D eigenvalue weighted by atomic mass is 10.4. The lowest BCUT2D eigenvalue weighted by Crippen LogP contribution is -2.38. The van der Waals surface area contributed by atoms with Crippen LogP contribution in [0.5, 0.6) is 0 Å². The zero-order chi connectivity index (χ0) is 10.6. The largest absolute Gasteiger partial charge is 0.362 e. The van der Waals surface area contributed by atoms with Crippen LogP contribution in [0.4, 0.5) is 0 Å². The molecule has 1 rings (SSSR count). The number of likely N-dealkylation sites (N-methyl/N-ethyl adjacent to an activating group) is 1. The van der Waals surface area contributed by atoms with E-state index < -0.39 is 0 Å². The van der Waals surface area contributed by atoms with Crippen molar-refractivity contribution in [2.24, 2.45) is 0 Å². The number of carbonyl (C=O) groups is 1. The molecule has 0 saturated heterocycles. The van der Waals surface area contributed by atoms with Crippen molar-refractivity contribution in [3.05, 3.63) is 12.4 Å². The maximum atomic E-state index is 11.7. The topological polar surface area (TPSA) is 26.8 Å². The quantitative estimate of drug-likeness (QED) is 0.770. The third kappa shape index (κ3) is 4.11. The molecule has 0 radical (unpaired) electrons. The van der Waals surface area contributed by atoms with E-state index in [0.717, 1.165) is 19.8 Å². The highest BCUT2D eigenvalue weighted by Crippen LogP contribution is 2.03. The summed E-state index contributed by atoms with van der Waals surface area (Å²) in [6.45, 7) is 6.90. The first-order valence-electron chi connectivity index (χ1n) is 5.07. The fraction of sp³-hybridized carbons (Fsp3) is 0.700. The molecule has 0 atom stereocenters. The number of rotatable bonds is 4. The van der Waals surface area contributed by atoms with Gasteiger partial charge in [-0.25, -0.2) is 0 Å². The van der Waals surface area contributed by atoms with E-state index in [2.05, 4.69) is 4.90 Å². The maximum Gasteiger partial charge on any atom is 0.242 e. The van der Waals surface area contributed by atoms with Crippen molar-refractivity contribution in [2.45, 2.75) is 13.8 Å². The summed E-state index contributed by atoms with van der Waals surface area (Å²) in [4.78, 5) is 17.6. The third-order valence-electron chi connectivity index (χ3n) is 2.39. The third-order valence-corrected chi connectivity index (χ3v) is 2.39. The highest BCUT2D eigenvalue weighted by molar-refractivity contribution is 8.93. The summed E-state index contributed by atoms with van der Waals surface area (Å²) < 4.78 is 0. The van der Waals surface area contributed by atoms with Gasteiger partial charge in [0.1, 0.15) is 0 Å². The van der Waals surface area contributed by atoms with Crippen molar-refractivity contribution in [3.8, 4) is 0 Å². The van der Waals surface area contributed by atoms with Crippen LogP contribution in [0.2, 0.25) is 0 Å². The predicted octanol–water partition coefficient (Wildman–Crippen LogP) is 1.11. The van der Waals surface area contributed by atoms with Gasteiger partial charge in [-0.2, -0.15) is 0 Å². The smallest absolute Gasteiger partial charge is 0.242 e. The molecule has 1 amide bonds. The lowest BCUT2D eigenvalue weighted by molar-refractivity contribution is -0.131. The molecule has 0 aromatic rings. The fourth-order valence-electron chi connectivity index (χ4n) is 1.54. The van der Waals surface area contributed by atoms with Gasteiger partial charge in [0, 0.05) is 32.5 Å². The van der Waals surface area contributed by atoms with E-state index in [4.69, 9.17) is 0 Å². The van der Waals surface area contributed by atoms with Crippen molar-refractivity contribution >= 4 is 22.9 Å². The molecule has 1 aliphatic heterocycles. The Morgan fingerprint density at radius 3 is 2.33 bits per heavy atom. The van der Waals surface area contributed by atoms with Crippen LogP contribution in [-0.4, -0.2) is 54.0 Å². The average Bonchev–Trinajstić information content (AvgIpc) is 2.53. The van der Waals surface area contributed by atoms with Gasteiger partial charge in [-0.05, 0) is 13.8 Å². The minimum atomic E-state index is 0. The van der Waals surface area contributed by atoms with Gasteiger partial charge in [0.25, 0.3) is 0 Å². The first-order chi connectivity index (χ1) is 6.67. The molecular weight excluding hydrogens is 258 g/mol. The Kier molecular flexibility index (Phi) is 6.40. The van der Waals surface area contributed by atoms with Crippen LogP contribution in [0.15, 0.2) is 12.4 Å². The van der Waals surface area contributed by atoms with E-state index in [1.54, 1.807) is 0 Å². The van der Waals surface area contributed by atoms with E-state index in [1.807, 2.05) is 43.1 Å². The Morgan fingerprint density at radius 1 is 1.33 bits per heavy atom. The highest BCUT2D eigenvalue weighted by atomic mass is 79.9. The molecular formula is C10H20BrN3O. The van der Waals surface area contributed by atoms with Crippen molar-refractivity contribution in [1.29, 1.82) is 0 Å². The minimum absolute atomic E-state index is 0. The molecule has 0 N–H and O–H groups in total. The van der Waals surface area contributed by atoms with Gasteiger partial charge >= 0.3 is 0 Å². The molecule has 0 unspecified atom stereocenters. The molecule has 0 aromatic heterocycles. The van der Waals surface area contributed by atoms with Crippen LogP contribution >= 0.6 is 17.0 Å². The van der Waals surface area contributed by atoms with Gasteiger partial charge in [0.05, 0.1) is 13.2 Å². The maximum absolute atomic E-state index is 11.7. The molecule has 0 spiro atoms. The number of halogens is 1. The zero-order valence-electron chi connectivity index (χ0n) is 9.64. The number of hydrogen-bond donors (Lipinski definition) is 0. The summed E-state index contributed by atoms with van der Waals surface area (Å²) in [6.07, 6.45) is 3.94. The predicted molar refractivity (Wildman–Crippen MR) is 66.7 cm³/mol. The van der Waals surface area contributed by atoms with Crippen molar-refractivity contribution in [3.63, 3.8) is 0 Å². The minimum Gasteiger partial charge on any atom is -0.362 e.